The van der Waals surface area contributed by atoms with Gasteiger partial charge in [0.25, 0.3) is 0 Å². The zero-order valence-corrected chi connectivity index (χ0v) is 15.9. The van der Waals surface area contributed by atoms with Crippen molar-refractivity contribution in [1.82, 2.24) is 14.1 Å². The molecule has 0 spiro atoms. The lowest BCUT2D eigenvalue weighted by Crippen LogP contribution is -2.31. The van der Waals surface area contributed by atoms with Gasteiger partial charge in [-0.3, -0.25) is 4.57 Å². The number of nitrogens with zero attached hydrogens (tertiary/aromatic N) is 3. The predicted molar refractivity (Wildman–Crippen MR) is 99.5 cm³/mol. The minimum absolute atomic E-state index is 0.0181. The van der Waals surface area contributed by atoms with Crippen molar-refractivity contribution in [3.05, 3.63) is 33.3 Å². The van der Waals surface area contributed by atoms with Crippen LogP contribution >= 0.6 is 15.9 Å². The molecule has 0 amide bonds. The first kappa shape index (κ1) is 17.0. The highest BCUT2D eigenvalue weighted by molar-refractivity contribution is 9.10. The first-order chi connectivity index (χ1) is 12.2. The molecule has 0 bridgehead atoms. The maximum atomic E-state index is 13.2. The lowest BCUT2D eigenvalue weighted by Gasteiger charge is -2.16. The Hall–Kier alpha value is -1.44. The average Bonchev–Trinajstić information content (AvgIpc) is 3.19. The highest BCUT2D eigenvalue weighted by atomic mass is 79.9. The fraction of sp³-hybridized carbons (Fsp3) is 0.556. The number of hydrogen-bond donors (Lipinski definition) is 0. The minimum atomic E-state index is -0.0181. The van der Waals surface area contributed by atoms with Crippen molar-refractivity contribution in [2.75, 3.05) is 20.3 Å². The number of ether oxygens (including phenoxy) is 2. The number of allylic oxidation sites excluding steroid dienone is 2. The molecule has 1 saturated heterocycles. The van der Waals surface area contributed by atoms with Gasteiger partial charge in [0.2, 0.25) is 0 Å². The molecule has 2 aromatic heterocycles. The second-order valence-corrected chi connectivity index (χ2v) is 7.65. The van der Waals surface area contributed by atoms with Crippen LogP contribution in [0.2, 0.25) is 0 Å². The summed E-state index contributed by atoms with van der Waals surface area (Å²) < 4.78 is 15.5. The summed E-state index contributed by atoms with van der Waals surface area (Å²) in [6, 6.07) is 1.97. The van der Waals surface area contributed by atoms with E-state index in [4.69, 9.17) is 9.47 Å². The Labute approximate surface area is 154 Å². The van der Waals surface area contributed by atoms with E-state index in [9.17, 15) is 4.79 Å². The van der Waals surface area contributed by atoms with E-state index in [1.165, 1.54) is 6.42 Å². The maximum absolute atomic E-state index is 13.2. The second kappa shape index (κ2) is 7.05. The summed E-state index contributed by atoms with van der Waals surface area (Å²) in [5.74, 6) is 0.168. The van der Waals surface area contributed by atoms with E-state index in [1.54, 1.807) is 17.9 Å². The van der Waals surface area contributed by atoms with Crippen molar-refractivity contribution in [2.45, 2.75) is 38.3 Å². The van der Waals surface area contributed by atoms with E-state index in [0.717, 1.165) is 40.6 Å². The zero-order chi connectivity index (χ0) is 17.4. The standard InChI is InChI=1S/C18H22BrN3O3/c1-24-16-11-25-10-12(16)9-21-15-7-13(19)8-20-17(15)22(18(21)23)14-5-3-2-4-6-14/h5,7-8,12,16H,2-4,6,9-11H2,1H3/t12-,16+/m0/s1. The van der Waals surface area contributed by atoms with Gasteiger partial charge in [0.15, 0.2) is 5.65 Å². The molecule has 2 aliphatic rings. The van der Waals surface area contributed by atoms with Gasteiger partial charge >= 0.3 is 5.69 Å². The molecule has 0 N–H and O–H groups in total. The van der Waals surface area contributed by atoms with Gasteiger partial charge in [0, 0.05) is 35.9 Å². The Balaban J connectivity index is 1.83. The van der Waals surface area contributed by atoms with Crippen LogP contribution in [0, 0.1) is 5.92 Å². The summed E-state index contributed by atoms with van der Waals surface area (Å²) in [4.78, 5) is 17.8. The summed E-state index contributed by atoms with van der Waals surface area (Å²) >= 11 is 3.48. The fourth-order valence-corrected chi connectivity index (χ4v) is 4.13. The molecule has 0 aromatic carbocycles. The van der Waals surface area contributed by atoms with Gasteiger partial charge in [0.05, 0.1) is 24.8 Å². The van der Waals surface area contributed by atoms with Crippen LogP contribution in [-0.2, 0) is 16.0 Å². The van der Waals surface area contributed by atoms with Crippen molar-refractivity contribution < 1.29 is 9.47 Å². The molecule has 1 fully saturated rings. The molecule has 6 nitrogen and oxygen atoms in total. The van der Waals surface area contributed by atoms with E-state index < -0.39 is 0 Å². The number of rotatable bonds is 4. The molecule has 1 aliphatic carbocycles. The molecular formula is C18H22BrN3O3. The van der Waals surface area contributed by atoms with Gasteiger partial charge < -0.3 is 9.47 Å². The second-order valence-electron chi connectivity index (χ2n) is 6.74. The third-order valence-corrected chi connectivity index (χ3v) is 5.59. The Bertz CT molecular complexity index is 870. The molecule has 3 heterocycles. The van der Waals surface area contributed by atoms with Crippen LogP contribution in [0.25, 0.3) is 16.9 Å². The van der Waals surface area contributed by atoms with E-state index in [1.807, 2.05) is 10.6 Å². The average molecular weight is 408 g/mol. The van der Waals surface area contributed by atoms with Gasteiger partial charge in [0.1, 0.15) is 0 Å². The molecule has 0 saturated carbocycles. The highest BCUT2D eigenvalue weighted by Crippen LogP contribution is 2.26. The van der Waals surface area contributed by atoms with Crippen LogP contribution in [0.4, 0.5) is 0 Å². The van der Waals surface area contributed by atoms with E-state index in [2.05, 4.69) is 27.0 Å². The van der Waals surface area contributed by atoms with Crippen molar-refractivity contribution in [3.8, 4) is 0 Å². The monoisotopic (exact) mass is 407 g/mol. The molecule has 4 rings (SSSR count). The predicted octanol–water partition coefficient (Wildman–Crippen LogP) is 3.04. The quantitative estimate of drug-likeness (QED) is 0.781. The lowest BCUT2D eigenvalue weighted by molar-refractivity contribution is 0.0632. The van der Waals surface area contributed by atoms with Crippen molar-refractivity contribution >= 4 is 32.8 Å². The fourth-order valence-electron chi connectivity index (χ4n) is 3.81. The number of aromatic nitrogens is 3. The van der Waals surface area contributed by atoms with Crippen LogP contribution < -0.4 is 5.69 Å². The Morgan fingerprint density at radius 2 is 2.28 bits per heavy atom. The first-order valence-corrected chi connectivity index (χ1v) is 9.55. The molecule has 25 heavy (non-hydrogen) atoms. The molecule has 7 heteroatoms. The van der Waals surface area contributed by atoms with E-state index >= 15 is 0 Å². The summed E-state index contributed by atoms with van der Waals surface area (Å²) in [5.41, 5.74) is 2.64. The number of pyridine rings is 1. The van der Waals surface area contributed by atoms with Crippen LogP contribution in [0.1, 0.15) is 25.7 Å². The van der Waals surface area contributed by atoms with Crippen molar-refractivity contribution in [1.29, 1.82) is 0 Å². The maximum Gasteiger partial charge on any atom is 0.334 e. The number of methoxy groups -OCH3 is 1. The minimum Gasteiger partial charge on any atom is -0.379 e. The van der Waals surface area contributed by atoms with Crippen LogP contribution in [0.5, 0.6) is 0 Å². The first-order valence-electron chi connectivity index (χ1n) is 8.76. The van der Waals surface area contributed by atoms with Crippen molar-refractivity contribution in [3.63, 3.8) is 0 Å². The molecule has 1 aliphatic heterocycles. The molecule has 0 radical (unpaired) electrons. The third kappa shape index (κ3) is 3.09. The molecular weight excluding hydrogens is 386 g/mol. The third-order valence-electron chi connectivity index (χ3n) is 5.15. The van der Waals surface area contributed by atoms with Gasteiger partial charge in [-0.25, -0.2) is 14.3 Å². The van der Waals surface area contributed by atoms with E-state index in [-0.39, 0.29) is 17.7 Å². The smallest absolute Gasteiger partial charge is 0.334 e. The van der Waals surface area contributed by atoms with Crippen molar-refractivity contribution in [2.24, 2.45) is 5.92 Å². The number of fused-ring (bicyclic) bond motifs is 1. The van der Waals surface area contributed by atoms with E-state index in [0.29, 0.717) is 19.8 Å². The number of halogens is 1. The lowest BCUT2D eigenvalue weighted by atomic mass is 10.0. The number of imidazole rings is 1. The Kier molecular flexibility index (Phi) is 4.80. The summed E-state index contributed by atoms with van der Waals surface area (Å²) in [7, 11) is 1.70. The molecule has 2 aromatic rings. The molecule has 134 valence electrons. The Morgan fingerprint density at radius 1 is 1.40 bits per heavy atom. The van der Waals surface area contributed by atoms with Gasteiger partial charge in [-0.2, -0.15) is 0 Å². The largest absolute Gasteiger partial charge is 0.379 e. The highest BCUT2D eigenvalue weighted by Gasteiger charge is 2.30. The molecule has 0 unspecified atom stereocenters. The van der Waals surface area contributed by atoms with Gasteiger partial charge in [-0.15, -0.1) is 0 Å². The topological polar surface area (TPSA) is 58.3 Å². The zero-order valence-electron chi connectivity index (χ0n) is 14.3. The Morgan fingerprint density at radius 3 is 3.04 bits per heavy atom. The molecule has 2 atom stereocenters. The number of hydrogen-bond acceptors (Lipinski definition) is 4. The van der Waals surface area contributed by atoms with Gasteiger partial charge in [-0.1, -0.05) is 6.08 Å². The van der Waals surface area contributed by atoms with Crippen LogP contribution in [0.3, 0.4) is 0 Å². The summed E-state index contributed by atoms with van der Waals surface area (Å²) in [6.07, 6.45) is 8.20. The van der Waals surface area contributed by atoms with Crippen LogP contribution in [0.15, 0.2) is 27.6 Å². The van der Waals surface area contributed by atoms with Crippen LogP contribution in [-0.4, -0.2) is 40.5 Å². The summed E-state index contributed by atoms with van der Waals surface area (Å²) in [6.45, 7) is 1.77. The van der Waals surface area contributed by atoms with Gasteiger partial charge in [-0.05, 0) is 47.7 Å². The SMILES string of the molecule is CO[C@@H]1COC[C@@H]1Cn1c(=O)n(C2=CCCCC2)c2ncc(Br)cc21. The normalized spacial score (nSPS) is 24.0. The summed E-state index contributed by atoms with van der Waals surface area (Å²) in [5, 5.41) is 0.